The first kappa shape index (κ1) is 22.0. The van der Waals surface area contributed by atoms with E-state index in [1.54, 1.807) is 31.3 Å². The Kier molecular flexibility index (Phi) is 8.57. The van der Waals surface area contributed by atoms with Crippen LogP contribution in [-0.2, 0) is 14.4 Å². The first-order valence-electron chi connectivity index (χ1n) is 9.99. The van der Waals surface area contributed by atoms with Crippen LogP contribution in [0.5, 0.6) is 0 Å². The molecule has 1 fully saturated rings. The lowest BCUT2D eigenvalue weighted by Crippen LogP contribution is -2.49. The van der Waals surface area contributed by atoms with E-state index in [1.807, 2.05) is 6.92 Å². The zero-order valence-corrected chi connectivity index (χ0v) is 17.2. The highest BCUT2D eigenvalue weighted by atomic mass is 16.2. The van der Waals surface area contributed by atoms with Crippen molar-refractivity contribution in [3.63, 3.8) is 0 Å². The molecule has 1 unspecified atom stereocenters. The van der Waals surface area contributed by atoms with Crippen LogP contribution in [0.25, 0.3) is 0 Å². The van der Waals surface area contributed by atoms with Crippen molar-refractivity contribution in [2.75, 3.05) is 33.7 Å². The van der Waals surface area contributed by atoms with Gasteiger partial charge in [-0.25, -0.2) is 0 Å². The molecule has 0 aromatic heterocycles. The lowest BCUT2D eigenvalue weighted by Gasteiger charge is -2.32. The Bertz CT molecular complexity index is 661. The van der Waals surface area contributed by atoms with Crippen molar-refractivity contribution in [2.45, 2.75) is 45.1 Å². The number of hydrogen-bond acceptors (Lipinski definition) is 5. The Morgan fingerprint density at radius 1 is 1.39 bits per heavy atom. The number of nitrogens with zero attached hydrogens (tertiary/aromatic N) is 3. The normalized spacial score (nSPS) is 24.7. The molecule has 0 saturated carbocycles. The predicted molar refractivity (Wildman–Crippen MR) is 110 cm³/mol. The molecule has 1 atom stereocenters. The molecule has 1 saturated heterocycles. The van der Waals surface area contributed by atoms with Gasteiger partial charge in [-0.3, -0.25) is 14.6 Å². The fourth-order valence-electron chi connectivity index (χ4n) is 3.68. The molecule has 0 bridgehead atoms. The van der Waals surface area contributed by atoms with E-state index < -0.39 is 6.04 Å². The van der Waals surface area contributed by atoms with Gasteiger partial charge in [-0.2, -0.15) is 0 Å². The Balaban J connectivity index is 2.29. The number of aldehydes is 1. The van der Waals surface area contributed by atoms with E-state index >= 15 is 0 Å². The summed E-state index contributed by atoms with van der Waals surface area (Å²) in [6.07, 6.45) is 9.19. The topological polar surface area (TPSA) is 82.1 Å². The minimum Gasteiger partial charge on any atom is -0.347 e. The molecule has 1 N–H and O–H groups in total. The molecular weight excluding hydrogens is 356 g/mol. The summed E-state index contributed by atoms with van der Waals surface area (Å²) in [5, 5.41) is 3.38. The Hall–Kier alpha value is -2.28. The molecule has 7 heteroatoms. The summed E-state index contributed by atoms with van der Waals surface area (Å²) in [5.74, 6) is 0.169. The van der Waals surface area contributed by atoms with E-state index in [9.17, 15) is 14.4 Å². The number of carbonyl (C=O) groups excluding carboxylic acids is 3. The lowest BCUT2D eigenvalue weighted by molar-refractivity contribution is -0.141. The maximum absolute atomic E-state index is 12.8. The van der Waals surface area contributed by atoms with Gasteiger partial charge in [-0.15, -0.1) is 0 Å². The van der Waals surface area contributed by atoms with E-state index in [0.717, 1.165) is 49.9 Å². The van der Waals surface area contributed by atoms with Crippen molar-refractivity contribution >= 4 is 24.3 Å². The van der Waals surface area contributed by atoms with Crippen molar-refractivity contribution in [3.05, 3.63) is 23.4 Å². The van der Waals surface area contributed by atoms with Gasteiger partial charge in [0.05, 0.1) is 0 Å². The number of hydrogen-bond donors (Lipinski definition) is 1. The first-order chi connectivity index (χ1) is 13.4. The number of aliphatic imine (C=N–C) groups is 1. The molecule has 0 aromatic carbocycles. The van der Waals surface area contributed by atoms with Gasteiger partial charge in [0.1, 0.15) is 12.3 Å². The Labute approximate surface area is 167 Å². The summed E-state index contributed by atoms with van der Waals surface area (Å²) in [7, 11) is 3.34. The monoisotopic (exact) mass is 388 g/mol. The predicted octanol–water partition coefficient (Wildman–Crippen LogP) is 1.56. The highest BCUT2D eigenvalue weighted by Crippen LogP contribution is 2.25. The molecule has 2 rings (SSSR count). The van der Waals surface area contributed by atoms with Crippen LogP contribution < -0.4 is 5.32 Å². The molecule has 28 heavy (non-hydrogen) atoms. The molecule has 2 amide bonds. The average Bonchev–Trinajstić information content (AvgIpc) is 2.75. The van der Waals surface area contributed by atoms with Crippen molar-refractivity contribution in [1.29, 1.82) is 0 Å². The van der Waals surface area contributed by atoms with Crippen LogP contribution in [0.1, 0.15) is 39.0 Å². The quantitative estimate of drug-likeness (QED) is 0.671. The second kappa shape index (κ2) is 10.9. The maximum Gasteiger partial charge on any atom is 0.247 e. The minimum absolute atomic E-state index is 0.170. The van der Waals surface area contributed by atoms with Gasteiger partial charge in [-0.05, 0) is 63.3 Å². The van der Waals surface area contributed by atoms with Gasteiger partial charge in [0, 0.05) is 45.0 Å². The molecule has 154 valence electrons. The Morgan fingerprint density at radius 3 is 2.75 bits per heavy atom. The van der Waals surface area contributed by atoms with Crippen molar-refractivity contribution in [3.8, 4) is 0 Å². The van der Waals surface area contributed by atoms with Crippen molar-refractivity contribution in [2.24, 2.45) is 10.9 Å². The number of carbonyl (C=O) groups is 3. The van der Waals surface area contributed by atoms with Crippen LogP contribution >= 0.6 is 0 Å². The second-order valence-corrected chi connectivity index (χ2v) is 7.72. The first-order valence-corrected chi connectivity index (χ1v) is 9.99. The standard InChI is InChI=1S/C21H32N4O3/c1-16-15-25(19(6-5-13-26)21(28)24(2)3)20(27)7-4-10-23-18(16)14-17-8-11-22-12-9-17/h4,7,10,13,17,19,22H,5-6,8-9,11-12,14-15H2,1-3H3/b7-4+,18-16+,23-10-. The third-order valence-corrected chi connectivity index (χ3v) is 5.34. The molecule has 2 aliphatic rings. The van der Waals surface area contributed by atoms with E-state index in [1.165, 1.54) is 11.0 Å². The summed E-state index contributed by atoms with van der Waals surface area (Å²) >= 11 is 0. The summed E-state index contributed by atoms with van der Waals surface area (Å²) in [6.45, 7) is 4.37. The fourth-order valence-corrected chi connectivity index (χ4v) is 3.68. The van der Waals surface area contributed by atoms with Gasteiger partial charge >= 0.3 is 0 Å². The van der Waals surface area contributed by atoms with Crippen LogP contribution in [0.4, 0.5) is 0 Å². The average molecular weight is 389 g/mol. The highest BCUT2D eigenvalue weighted by molar-refractivity contribution is 5.95. The lowest BCUT2D eigenvalue weighted by atomic mass is 9.92. The highest BCUT2D eigenvalue weighted by Gasteiger charge is 2.30. The summed E-state index contributed by atoms with van der Waals surface area (Å²) < 4.78 is 0. The molecule has 7 nitrogen and oxygen atoms in total. The molecule has 2 heterocycles. The van der Waals surface area contributed by atoms with Gasteiger partial charge in [0.25, 0.3) is 0 Å². The van der Waals surface area contributed by atoms with Crippen LogP contribution in [0.15, 0.2) is 28.4 Å². The number of rotatable bonds is 7. The van der Waals surface area contributed by atoms with Crippen LogP contribution in [0, 0.1) is 5.92 Å². The molecular formula is C21H32N4O3. The molecule has 0 radical (unpaired) electrons. The summed E-state index contributed by atoms with van der Waals surface area (Å²) in [6, 6.07) is -0.662. The molecule has 0 spiro atoms. The van der Waals surface area contributed by atoms with Crippen LogP contribution in [-0.4, -0.2) is 73.9 Å². The van der Waals surface area contributed by atoms with Gasteiger partial charge in [0.2, 0.25) is 11.8 Å². The molecule has 2 aliphatic heterocycles. The number of nitrogens with one attached hydrogen (secondary N) is 1. The van der Waals surface area contributed by atoms with Crippen molar-refractivity contribution < 1.29 is 14.4 Å². The third kappa shape index (κ3) is 6.12. The Morgan fingerprint density at radius 2 is 2.11 bits per heavy atom. The van der Waals surface area contributed by atoms with Gasteiger partial charge in [0.15, 0.2) is 0 Å². The maximum atomic E-state index is 12.8. The zero-order chi connectivity index (χ0) is 20.5. The SMILES string of the molecule is C\C1=C(CC2CCNCC2)/N=C\C=C\C(=O)N(C(CCC=O)C(=O)N(C)C)C1. The summed E-state index contributed by atoms with van der Waals surface area (Å²) in [4.78, 5) is 44.1. The van der Waals surface area contributed by atoms with Crippen molar-refractivity contribution in [1.82, 2.24) is 15.1 Å². The zero-order valence-electron chi connectivity index (χ0n) is 17.2. The number of piperidine rings is 1. The van der Waals surface area contributed by atoms with Crippen LogP contribution in [0.3, 0.4) is 0 Å². The van der Waals surface area contributed by atoms with E-state index in [4.69, 9.17) is 0 Å². The van der Waals surface area contributed by atoms with E-state index in [2.05, 4.69) is 10.3 Å². The number of allylic oxidation sites excluding steroid dienone is 2. The number of amides is 2. The van der Waals surface area contributed by atoms with Crippen LogP contribution in [0.2, 0.25) is 0 Å². The van der Waals surface area contributed by atoms with Gasteiger partial charge in [-0.1, -0.05) is 0 Å². The minimum atomic E-state index is -0.662. The second-order valence-electron chi connectivity index (χ2n) is 7.72. The fraction of sp³-hybridized carbons (Fsp3) is 0.619. The van der Waals surface area contributed by atoms with E-state index in [-0.39, 0.29) is 18.2 Å². The summed E-state index contributed by atoms with van der Waals surface area (Å²) in [5.41, 5.74) is 1.98. The molecule has 0 aliphatic carbocycles. The smallest absolute Gasteiger partial charge is 0.247 e. The largest absolute Gasteiger partial charge is 0.347 e. The van der Waals surface area contributed by atoms with Gasteiger partial charge < -0.3 is 19.9 Å². The molecule has 0 aromatic rings. The third-order valence-electron chi connectivity index (χ3n) is 5.34. The number of likely N-dealkylation sites (N-methyl/N-ethyl adjacent to an activating group) is 1. The van der Waals surface area contributed by atoms with E-state index in [0.29, 0.717) is 18.9 Å².